The molecule has 1 saturated heterocycles. The van der Waals surface area contributed by atoms with E-state index in [4.69, 9.17) is 0 Å². The molecule has 1 aromatic rings. The summed E-state index contributed by atoms with van der Waals surface area (Å²) in [5, 5.41) is 0. The van der Waals surface area contributed by atoms with E-state index in [1.54, 1.807) is 12.1 Å². The van der Waals surface area contributed by atoms with E-state index in [9.17, 15) is 16.8 Å². The Kier molecular flexibility index (Phi) is 6.20. The van der Waals surface area contributed by atoms with Crippen LogP contribution < -0.4 is 4.72 Å². The van der Waals surface area contributed by atoms with Crippen molar-refractivity contribution < 1.29 is 16.8 Å². The van der Waals surface area contributed by atoms with Gasteiger partial charge in [-0.1, -0.05) is 15.9 Å². The van der Waals surface area contributed by atoms with Crippen molar-refractivity contribution in [2.24, 2.45) is 0 Å². The molecule has 0 atom stereocenters. The van der Waals surface area contributed by atoms with Gasteiger partial charge >= 0.3 is 0 Å². The topological polar surface area (TPSA) is 86.8 Å². The molecule has 23 heavy (non-hydrogen) atoms. The molecule has 0 saturated carbocycles. The average Bonchev–Trinajstić information content (AvgIpc) is 2.47. The van der Waals surface area contributed by atoms with Crippen LogP contribution in [-0.2, 0) is 20.0 Å². The van der Waals surface area contributed by atoms with Crippen molar-refractivity contribution in [1.29, 1.82) is 0 Å². The predicted octanol–water partition coefficient (Wildman–Crippen LogP) is 0.305. The molecule has 1 aromatic carbocycles. The molecule has 1 heterocycles. The first-order chi connectivity index (χ1) is 10.7. The molecule has 0 amide bonds. The summed E-state index contributed by atoms with van der Waals surface area (Å²) >= 11 is 3.24. The monoisotopic (exact) mass is 425 g/mol. The van der Waals surface area contributed by atoms with E-state index >= 15 is 0 Å². The van der Waals surface area contributed by atoms with Crippen molar-refractivity contribution in [3.63, 3.8) is 0 Å². The number of halogens is 1. The highest BCUT2D eigenvalue weighted by molar-refractivity contribution is 9.10. The van der Waals surface area contributed by atoms with Crippen LogP contribution in [0.2, 0.25) is 0 Å². The highest BCUT2D eigenvalue weighted by Crippen LogP contribution is 2.14. The summed E-state index contributed by atoms with van der Waals surface area (Å²) in [6.07, 6.45) is 0. The number of likely N-dealkylation sites (N-methyl/N-ethyl adjacent to an activating group) is 1. The lowest BCUT2D eigenvalue weighted by Crippen LogP contribution is -2.48. The first-order valence-electron chi connectivity index (χ1n) is 7.12. The van der Waals surface area contributed by atoms with Crippen LogP contribution in [0.5, 0.6) is 0 Å². The molecule has 1 aliphatic heterocycles. The number of sulfonamides is 2. The smallest absolute Gasteiger partial charge is 0.240 e. The number of rotatable bonds is 6. The molecule has 0 aliphatic carbocycles. The Morgan fingerprint density at radius 1 is 1.04 bits per heavy atom. The number of hydrogen-bond acceptors (Lipinski definition) is 5. The summed E-state index contributed by atoms with van der Waals surface area (Å²) in [7, 11) is -5.21. The van der Waals surface area contributed by atoms with E-state index in [0.29, 0.717) is 26.2 Å². The minimum absolute atomic E-state index is 0.109. The minimum Gasteiger partial charge on any atom is -0.304 e. The van der Waals surface area contributed by atoms with Gasteiger partial charge < -0.3 is 4.90 Å². The molecule has 7 nitrogen and oxygen atoms in total. The van der Waals surface area contributed by atoms with Crippen LogP contribution in [0.1, 0.15) is 0 Å². The van der Waals surface area contributed by atoms with E-state index < -0.39 is 20.0 Å². The lowest BCUT2D eigenvalue weighted by atomic mass is 10.4. The summed E-state index contributed by atoms with van der Waals surface area (Å²) in [5.74, 6) is -0.244. The molecule has 0 spiro atoms. The van der Waals surface area contributed by atoms with Crippen LogP contribution in [0.4, 0.5) is 0 Å². The molecular formula is C13H20BrN3O4S2. The molecule has 0 bridgehead atoms. The van der Waals surface area contributed by atoms with Crippen LogP contribution in [0.15, 0.2) is 33.6 Å². The molecule has 1 N–H and O–H groups in total. The quantitative estimate of drug-likeness (QED) is 0.708. The fourth-order valence-electron chi connectivity index (χ4n) is 2.20. The first-order valence-corrected chi connectivity index (χ1v) is 11.0. The van der Waals surface area contributed by atoms with Crippen molar-refractivity contribution in [1.82, 2.24) is 13.9 Å². The Morgan fingerprint density at radius 2 is 1.61 bits per heavy atom. The summed E-state index contributed by atoms with van der Waals surface area (Å²) in [6, 6.07) is 6.16. The Labute approximate surface area is 145 Å². The summed E-state index contributed by atoms with van der Waals surface area (Å²) in [4.78, 5) is 2.17. The van der Waals surface area contributed by atoms with E-state index in [1.165, 1.54) is 16.4 Å². The lowest BCUT2D eigenvalue weighted by molar-refractivity contribution is 0.222. The van der Waals surface area contributed by atoms with Gasteiger partial charge in [-0.15, -0.1) is 0 Å². The van der Waals surface area contributed by atoms with Crippen LogP contribution >= 0.6 is 15.9 Å². The number of piperazine rings is 1. The second-order valence-corrected chi connectivity index (χ2v) is 10.1. The van der Waals surface area contributed by atoms with Gasteiger partial charge in [0.15, 0.2) is 0 Å². The van der Waals surface area contributed by atoms with Crippen molar-refractivity contribution in [2.45, 2.75) is 4.90 Å². The number of hydrogen-bond donors (Lipinski definition) is 1. The van der Waals surface area contributed by atoms with Crippen LogP contribution in [0.25, 0.3) is 0 Å². The number of nitrogens with zero attached hydrogens (tertiary/aromatic N) is 2. The second-order valence-electron chi connectivity index (χ2n) is 5.37. The molecule has 1 aliphatic rings. The number of nitrogens with one attached hydrogen (secondary N) is 1. The second kappa shape index (κ2) is 7.58. The molecule has 1 fully saturated rings. The molecule has 10 heteroatoms. The Hall–Kier alpha value is -0.520. The third-order valence-electron chi connectivity index (χ3n) is 3.63. The normalized spacial score (nSPS) is 18.2. The van der Waals surface area contributed by atoms with Crippen molar-refractivity contribution >= 4 is 36.0 Å². The third-order valence-corrected chi connectivity index (χ3v) is 7.51. The lowest BCUT2D eigenvalue weighted by Gasteiger charge is -2.31. The van der Waals surface area contributed by atoms with Gasteiger partial charge in [-0.2, -0.15) is 4.31 Å². The van der Waals surface area contributed by atoms with Gasteiger partial charge in [-0.05, 0) is 31.3 Å². The number of benzene rings is 1. The summed E-state index contributed by atoms with van der Waals surface area (Å²) < 4.78 is 53.2. The van der Waals surface area contributed by atoms with E-state index in [1.807, 2.05) is 7.05 Å². The minimum atomic E-state index is -3.70. The Morgan fingerprint density at radius 3 is 2.17 bits per heavy atom. The zero-order chi connectivity index (χ0) is 17.1. The van der Waals surface area contributed by atoms with Gasteiger partial charge in [0.05, 0.1) is 10.6 Å². The maximum absolute atomic E-state index is 12.2. The maximum Gasteiger partial charge on any atom is 0.240 e. The average molecular weight is 426 g/mol. The molecule has 2 rings (SSSR count). The van der Waals surface area contributed by atoms with Gasteiger partial charge in [-0.3, -0.25) is 0 Å². The Balaban J connectivity index is 1.92. The Bertz CT molecular complexity index is 727. The van der Waals surface area contributed by atoms with Gasteiger partial charge in [0.25, 0.3) is 0 Å². The molecule has 0 radical (unpaired) electrons. The predicted molar refractivity (Wildman–Crippen MR) is 92.2 cm³/mol. The fourth-order valence-corrected chi connectivity index (χ4v) is 4.96. The zero-order valence-corrected chi connectivity index (χ0v) is 16.0. The summed E-state index contributed by atoms with van der Waals surface area (Å²) in [5.41, 5.74) is 0. The van der Waals surface area contributed by atoms with Crippen LogP contribution in [0, 0.1) is 0 Å². The van der Waals surface area contributed by atoms with E-state index in [2.05, 4.69) is 25.6 Å². The van der Waals surface area contributed by atoms with Gasteiger partial charge in [0, 0.05) is 37.2 Å². The van der Waals surface area contributed by atoms with Gasteiger partial charge in [0.2, 0.25) is 20.0 Å². The molecular weight excluding hydrogens is 406 g/mol. The van der Waals surface area contributed by atoms with Crippen molar-refractivity contribution in [3.05, 3.63) is 28.7 Å². The largest absolute Gasteiger partial charge is 0.304 e. The van der Waals surface area contributed by atoms with E-state index in [-0.39, 0.29) is 17.2 Å². The fraction of sp³-hybridized carbons (Fsp3) is 0.538. The van der Waals surface area contributed by atoms with Crippen molar-refractivity contribution in [3.8, 4) is 0 Å². The molecule has 130 valence electrons. The molecule has 0 aromatic heterocycles. The summed E-state index contributed by atoms with van der Waals surface area (Å²) in [6.45, 7) is 2.11. The molecule has 0 unspecified atom stereocenters. The maximum atomic E-state index is 12.2. The first kappa shape index (κ1) is 18.8. The van der Waals surface area contributed by atoms with Gasteiger partial charge in [0.1, 0.15) is 0 Å². The SMILES string of the molecule is CN1CCN(S(=O)(=O)CCNS(=O)(=O)c2ccc(Br)cc2)CC1. The standard InChI is InChI=1S/C13H20BrN3O4S2/c1-16-7-9-17(10-8-16)22(18,19)11-6-15-23(20,21)13-4-2-12(14)3-5-13/h2-5,15H,6-11H2,1H3. The van der Waals surface area contributed by atoms with E-state index in [0.717, 1.165) is 4.47 Å². The van der Waals surface area contributed by atoms with Gasteiger partial charge in [-0.25, -0.2) is 21.6 Å². The third kappa shape index (κ3) is 5.23. The highest BCUT2D eigenvalue weighted by Gasteiger charge is 2.26. The van der Waals surface area contributed by atoms with Crippen molar-refractivity contribution in [2.75, 3.05) is 45.5 Å². The zero-order valence-electron chi connectivity index (χ0n) is 12.8. The van der Waals surface area contributed by atoms with Crippen LogP contribution in [0.3, 0.4) is 0 Å². The highest BCUT2D eigenvalue weighted by atomic mass is 79.9. The van der Waals surface area contributed by atoms with Crippen LogP contribution in [-0.4, -0.2) is 71.6 Å².